The molecule has 1 aliphatic rings. The minimum Gasteiger partial charge on any atom is -0.356 e. The second kappa shape index (κ2) is 8.03. The first kappa shape index (κ1) is 18.0. The fourth-order valence-electron chi connectivity index (χ4n) is 2.96. The summed E-state index contributed by atoms with van der Waals surface area (Å²) in [4.78, 5) is 21.1. The number of anilines is 1. The van der Waals surface area contributed by atoms with Crippen molar-refractivity contribution in [3.63, 3.8) is 0 Å². The zero-order valence-corrected chi connectivity index (χ0v) is 15.6. The number of rotatable bonds is 4. The van der Waals surface area contributed by atoms with Crippen LogP contribution in [-0.2, 0) is 18.4 Å². The molecule has 2 aromatic rings. The number of amides is 1. The summed E-state index contributed by atoms with van der Waals surface area (Å²) in [7, 11) is 1.85. The molecule has 1 aromatic carbocycles. The third-order valence-electron chi connectivity index (χ3n) is 4.39. The molecule has 26 heavy (non-hydrogen) atoms. The van der Waals surface area contributed by atoms with Gasteiger partial charge in [-0.2, -0.15) is 5.10 Å². The third kappa shape index (κ3) is 4.22. The molecule has 0 bridgehead atoms. The van der Waals surface area contributed by atoms with Crippen molar-refractivity contribution < 1.29 is 4.79 Å². The molecule has 7 nitrogen and oxygen atoms in total. The van der Waals surface area contributed by atoms with Crippen LogP contribution in [-0.4, -0.2) is 52.7 Å². The van der Waals surface area contributed by atoms with Gasteiger partial charge in [-0.1, -0.05) is 29.8 Å². The maximum absolute atomic E-state index is 12.6. The highest BCUT2D eigenvalue weighted by atomic mass is 16.2. The van der Waals surface area contributed by atoms with E-state index in [0.29, 0.717) is 19.6 Å². The van der Waals surface area contributed by atoms with E-state index in [1.807, 2.05) is 25.1 Å². The fraction of sp³-hybridized carbons (Fsp3) is 0.421. The predicted octanol–water partition coefficient (Wildman–Crippen LogP) is 1.54. The number of carbonyl (C=O) groups is 1. The standard InChI is InChI=1S/C19H26N6O/c1-4-20-19(21-11-16-7-5-15(2)6-8-16)24-9-10-25(18(26)14-24)17-12-22-23(3)13-17/h5-8,12-13H,4,9-11,14H2,1-3H3,(H,20,21). The first-order chi connectivity index (χ1) is 12.6. The van der Waals surface area contributed by atoms with Gasteiger partial charge in [-0.25, -0.2) is 4.99 Å². The summed E-state index contributed by atoms with van der Waals surface area (Å²) in [6.45, 7) is 7.15. The van der Waals surface area contributed by atoms with Gasteiger partial charge in [-0.3, -0.25) is 9.48 Å². The Morgan fingerprint density at radius 1 is 1.27 bits per heavy atom. The van der Waals surface area contributed by atoms with Gasteiger partial charge in [0.2, 0.25) is 5.91 Å². The summed E-state index contributed by atoms with van der Waals surface area (Å²) in [5.74, 6) is 0.845. The zero-order chi connectivity index (χ0) is 18.5. The number of aromatic nitrogens is 2. The van der Waals surface area contributed by atoms with E-state index in [2.05, 4.69) is 41.6 Å². The summed E-state index contributed by atoms with van der Waals surface area (Å²) in [6.07, 6.45) is 3.59. The van der Waals surface area contributed by atoms with Crippen molar-refractivity contribution in [3.05, 3.63) is 47.8 Å². The number of carbonyl (C=O) groups excluding carboxylic acids is 1. The van der Waals surface area contributed by atoms with Crippen molar-refractivity contribution in [2.45, 2.75) is 20.4 Å². The van der Waals surface area contributed by atoms with E-state index in [1.165, 1.54) is 5.56 Å². The lowest BCUT2D eigenvalue weighted by atomic mass is 10.1. The number of aliphatic imine (C=N–C) groups is 1. The average molecular weight is 354 g/mol. The molecule has 1 amide bonds. The molecule has 138 valence electrons. The van der Waals surface area contributed by atoms with Gasteiger partial charge in [0.25, 0.3) is 0 Å². The molecule has 0 unspecified atom stereocenters. The molecule has 0 radical (unpaired) electrons. The van der Waals surface area contributed by atoms with Crippen LogP contribution in [0.4, 0.5) is 5.69 Å². The number of nitrogens with one attached hydrogen (secondary N) is 1. The number of benzene rings is 1. The van der Waals surface area contributed by atoms with Gasteiger partial charge in [0.15, 0.2) is 5.96 Å². The van der Waals surface area contributed by atoms with Crippen LogP contribution in [0.25, 0.3) is 0 Å². The lowest BCUT2D eigenvalue weighted by molar-refractivity contribution is -0.120. The maximum Gasteiger partial charge on any atom is 0.246 e. The summed E-state index contributed by atoms with van der Waals surface area (Å²) in [6, 6.07) is 8.36. The van der Waals surface area contributed by atoms with Crippen LogP contribution in [0.2, 0.25) is 0 Å². The maximum atomic E-state index is 12.6. The molecule has 2 heterocycles. The first-order valence-electron chi connectivity index (χ1n) is 8.94. The molecule has 1 saturated heterocycles. The molecule has 1 fully saturated rings. The molecule has 7 heteroatoms. The van der Waals surface area contributed by atoms with Gasteiger partial charge in [0.05, 0.1) is 18.4 Å². The second-order valence-electron chi connectivity index (χ2n) is 6.49. The molecule has 0 saturated carbocycles. The largest absolute Gasteiger partial charge is 0.356 e. The summed E-state index contributed by atoms with van der Waals surface area (Å²) in [5, 5.41) is 7.45. The van der Waals surface area contributed by atoms with Gasteiger partial charge in [0.1, 0.15) is 6.54 Å². The highest BCUT2D eigenvalue weighted by molar-refractivity contribution is 5.98. The Kier molecular flexibility index (Phi) is 5.55. The second-order valence-corrected chi connectivity index (χ2v) is 6.49. The minimum atomic E-state index is 0.0604. The molecule has 0 atom stereocenters. The summed E-state index contributed by atoms with van der Waals surface area (Å²) >= 11 is 0. The van der Waals surface area contributed by atoms with Crippen LogP contribution in [0, 0.1) is 6.92 Å². The van der Waals surface area contributed by atoms with Gasteiger partial charge in [0, 0.05) is 32.9 Å². The highest BCUT2D eigenvalue weighted by Crippen LogP contribution is 2.16. The number of hydrogen-bond donors (Lipinski definition) is 1. The van der Waals surface area contributed by atoms with Crippen LogP contribution >= 0.6 is 0 Å². The van der Waals surface area contributed by atoms with E-state index in [-0.39, 0.29) is 5.91 Å². The predicted molar refractivity (Wildman–Crippen MR) is 103 cm³/mol. The Labute approximate surface area is 154 Å². The van der Waals surface area contributed by atoms with E-state index < -0.39 is 0 Å². The topological polar surface area (TPSA) is 65.8 Å². The quantitative estimate of drug-likeness (QED) is 0.668. The Hall–Kier alpha value is -2.83. The van der Waals surface area contributed by atoms with Crippen LogP contribution in [0.3, 0.4) is 0 Å². The third-order valence-corrected chi connectivity index (χ3v) is 4.39. The van der Waals surface area contributed by atoms with E-state index in [1.54, 1.807) is 15.8 Å². The molecule has 0 aliphatic carbocycles. The Bertz CT molecular complexity index is 780. The average Bonchev–Trinajstić information content (AvgIpc) is 3.06. The Balaban J connectivity index is 1.68. The lowest BCUT2D eigenvalue weighted by Gasteiger charge is -2.35. The molecular formula is C19H26N6O. The van der Waals surface area contributed by atoms with Gasteiger partial charge < -0.3 is 15.1 Å². The fourth-order valence-corrected chi connectivity index (χ4v) is 2.96. The number of piperazine rings is 1. The van der Waals surface area contributed by atoms with Crippen molar-refractivity contribution in [3.8, 4) is 0 Å². The molecule has 1 aliphatic heterocycles. The SMILES string of the molecule is CCNC(=NCc1ccc(C)cc1)N1CCN(c2cnn(C)c2)C(=O)C1. The number of guanidine groups is 1. The molecule has 1 N–H and O–H groups in total. The molecule has 3 rings (SSSR count). The number of aryl methyl sites for hydroxylation is 2. The summed E-state index contributed by atoms with van der Waals surface area (Å²) in [5.41, 5.74) is 3.24. The van der Waals surface area contributed by atoms with Crippen molar-refractivity contribution in [2.24, 2.45) is 12.0 Å². The number of hydrogen-bond acceptors (Lipinski definition) is 3. The molecular weight excluding hydrogens is 328 g/mol. The van der Waals surface area contributed by atoms with Crippen molar-refractivity contribution in [1.29, 1.82) is 0 Å². The molecule has 1 aromatic heterocycles. The van der Waals surface area contributed by atoms with Crippen LogP contribution in [0.15, 0.2) is 41.7 Å². The van der Waals surface area contributed by atoms with Gasteiger partial charge >= 0.3 is 0 Å². The zero-order valence-electron chi connectivity index (χ0n) is 15.6. The molecule has 0 spiro atoms. The monoisotopic (exact) mass is 354 g/mol. The van der Waals surface area contributed by atoms with Crippen molar-refractivity contribution >= 4 is 17.6 Å². The summed E-state index contributed by atoms with van der Waals surface area (Å²) < 4.78 is 1.71. The first-order valence-corrected chi connectivity index (χ1v) is 8.94. The van der Waals surface area contributed by atoms with Gasteiger partial charge in [-0.15, -0.1) is 0 Å². The van der Waals surface area contributed by atoms with Crippen LogP contribution in [0.1, 0.15) is 18.1 Å². The Morgan fingerprint density at radius 2 is 2.04 bits per heavy atom. The highest BCUT2D eigenvalue weighted by Gasteiger charge is 2.27. The van der Waals surface area contributed by atoms with E-state index >= 15 is 0 Å². The normalized spacial score (nSPS) is 15.5. The minimum absolute atomic E-state index is 0.0604. The van der Waals surface area contributed by atoms with Crippen molar-refractivity contribution in [2.75, 3.05) is 31.1 Å². The van der Waals surface area contributed by atoms with E-state index in [0.717, 1.165) is 30.3 Å². The van der Waals surface area contributed by atoms with E-state index in [4.69, 9.17) is 4.99 Å². The van der Waals surface area contributed by atoms with Crippen LogP contribution in [0.5, 0.6) is 0 Å². The van der Waals surface area contributed by atoms with E-state index in [9.17, 15) is 4.79 Å². The Morgan fingerprint density at radius 3 is 2.65 bits per heavy atom. The lowest BCUT2D eigenvalue weighted by Crippen LogP contribution is -2.55. The van der Waals surface area contributed by atoms with Gasteiger partial charge in [-0.05, 0) is 19.4 Å². The number of nitrogens with zero attached hydrogens (tertiary/aromatic N) is 5. The smallest absolute Gasteiger partial charge is 0.246 e. The van der Waals surface area contributed by atoms with Crippen LogP contribution < -0.4 is 10.2 Å². The van der Waals surface area contributed by atoms with Crippen molar-refractivity contribution in [1.82, 2.24) is 20.0 Å².